The number of nitrogen functional groups attached to an aromatic ring is 1. The molecule has 0 aliphatic carbocycles. The fraction of sp³-hybridized carbons (Fsp3) is 0.368. The zero-order valence-corrected chi connectivity index (χ0v) is 13.6. The molecule has 2 rings (SSSR count). The van der Waals surface area contributed by atoms with Gasteiger partial charge in [0.05, 0.1) is 0 Å². The summed E-state index contributed by atoms with van der Waals surface area (Å²) in [6, 6.07) is 12.7. The number of nitrogens with two attached hydrogens (primary N) is 1. The molecule has 0 aromatic heterocycles. The van der Waals surface area contributed by atoms with Gasteiger partial charge >= 0.3 is 0 Å². The van der Waals surface area contributed by atoms with Gasteiger partial charge in [-0.3, -0.25) is 4.90 Å². The van der Waals surface area contributed by atoms with Crippen molar-refractivity contribution in [1.29, 1.82) is 0 Å². The van der Waals surface area contributed by atoms with Crippen molar-refractivity contribution in [3.05, 3.63) is 64.2 Å². The molecule has 0 aliphatic heterocycles. The molecule has 0 fully saturated rings. The Labute approximate surface area is 128 Å². The fourth-order valence-electron chi connectivity index (χ4n) is 2.91. The van der Waals surface area contributed by atoms with E-state index in [4.69, 9.17) is 5.73 Å². The summed E-state index contributed by atoms with van der Waals surface area (Å²) in [6.45, 7) is 11.8. The minimum atomic E-state index is 0.839. The highest BCUT2D eigenvalue weighted by Gasteiger charge is 2.10. The van der Waals surface area contributed by atoms with Crippen molar-refractivity contribution in [2.75, 3.05) is 12.3 Å². The number of aryl methyl sites for hydroxylation is 3. The summed E-state index contributed by atoms with van der Waals surface area (Å²) in [5, 5.41) is 0. The Morgan fingerprint density at radius 2 is 1.62 bits per heavy atom. The van der Waals surface area contributed by atoms with Crippen molar-refractivity contribution in [3.63, 3.8) is 0 Å². The predicted octanol–water partition coefficient (Wildman–Crippen LogP) is 4.22. The van der Waals surface area contributed by atoms with E-state index in [9.17, 15) is 0 Å². The summed E-state index contributed by atoms with van der Waals surface area (Å²) >= 11 is 0. The van der Waals surface area contributed by atoms with Gasteiger partial charge in [-0.1, -0.05) is 36.8 Å². The van der Waals surface area contributed by atoms with Gasteiger partial charge in [0.2, 0.25) is 0 Å². The van der Waals surface area contributed by atoms with Crippen LogP contribution in [0, 0.1) is 20.8 Å². The van der Waals surface area contributed by atoms with E-state index in [-0.39, 0.29) is 0 Å². The number of hydrogen-bond acceptors (Lipinski definition) is 2. The standard InChI is InChI=1S/C19H26N2/c1-5-21(12-17-7-6-8-18(20)11-17)13-19-15(3)9-14(2)10-16(19)4/h6-11H,5,12-13,20H2,1-4H3. The van der Waals surface area contributed by atoms with Gasteiger partial charge in [0.25, 0.3) is 0 Å². The number of benzene rings is 2. The van der Waals surface area contributed by atoms with Crippen LogP contribution in [0.25, 0.3) is 0 Å². The topological polar surface area (TPSA) is 29.3 Å². The van der Waals surface area contributed by atoms with Crippen molar-refractivity contribution in [2.45, 2.75) is 40.8 Å². The summed E-state index contributed by atoms with van der Waals surface area (Å²) < 4.78 is 0. The lowest BCUT2D eigenvalue weighted by Crippen LogP contribution is -2.23. The van der Waals surface area contributed by atoms with E-state index in [2.05, 4.69) is 56.9 Å². The van der Waals surface area contributed by atoms with E-state index in [1.165, 1.54) is 27.8 Å². The van der Waals surface area contributed by atoms with Gasteiger partial charge in [-0.2, -0.15) is 0 Å². The average molecular weight is 282 g/mol. The molecule has 21 heavy (non-hydrogen) atoms. The van der Waals surface area contributed by atoms with Crippen molar-refractivity contribution >= 4 is 5.69 Å². The Morgan fingerprint density at radius 3 is 2.19 bits per heavy atom. The maximum Gasteiger partial charge on any atom is 0.0317 e. The zero-order chi connectivity index (χ0) is 15.4. The highest BCUT2D eigenvalue weighted by Crippen LogP contribution is 2.20. The number of rotatable bonds is 5. The van der Waals surface area contributed by atoms with Crippen molar-refractivity contribution in [1.82, 2.24) is 4.90 Å². The smallest absolute Gasteiger partial charge is 0.0317 e. The molecule has 0 saturated heterocycles. The van der Waals surface area contributed by atoms with Crippen LogP contribution < -0.4 is 5.73 Å². The van der Waals surface area contributed by atoms with Crippen LogP contribution in [-0.2, 0) is 13.1 Å². The van der Waals surface area contributed by atoms with Crippen LogP contribution in [0.3, 0.4) is 0 Å². The van der Waals surface area contributed by atoms with E-state index in [1.807, 2.05) is 12.1 Å². The predicted molar refractivity (Wildman–Crippen MR) is 91.3 cm³/mol. The van der Waals surface area contributed by atoms with Crippen molar-refractivity contribution in [2.24, 2.45) is 0 Å². The summed E-state index contributed by atoms with van der Waals surface area (Å²) in [5.41, 5.74) is 13.6. The first kappa shape index (κ1) is 15.6. The van der Waals surface area contributed by atoms with Crippen LogP contribution in [0.1, 0.15) is 34.7 Å². The largest absolute Gasteiger partial charge is 0.399 e. The molecule has 0 atom stereocenters. The van der Waals surface area contributed by atoms with Gasteiger partial charge < -0.3 is 5.73 Å². The normalized spacial score (nSPS) is 11.1. The first-order valence-corrected chi connectivity index (χ1v) is 7.63. The van der Waals surface area contributed by atoms with Crippen LogP contribution in [0.2, 0.25) is 0 Å². The average Bonchev–Trinajstić information content (AvgIpc) is 2.41. The molecule has 0 radical (unpaired) electrons. The maximum absolute atomic E-state index is 5.87. The Kier molecular flexibility index (Phi) is 5.03. The lowest BCUT2D eigenvalue weighted by atomic mass is 9.99. The minimum Gasteiger partial charge on any atom is -0.399 e. The number of hydrogen-bond donors (Lipinski definition) is 1. The number of nitrogens with zero attached hydrogens (tertiary/aromatic N) is 1. The van der Waals surface area contributed by atoms with E-state index in [0.29, 0.717) is 0 Å². The van der Waals surface area contributed by atoms with Crippen LogP contribution in [0.4, 0.5) is 5.69 Å². The SMILES string of the molecule is CCN(Cc1cccc(N)c1)Cc1c(C)cc(C)cc1C. The van der Waals surface area contributed by atoms with Crippen molar-refractivity contribution < 1.29 is 0 Å². The summed E-state index contributed by atoms with van der Waals surface area (Å²) in [6.07, 6.45) is 0. The van der Waals surface area contributed by atoms with E-state index < -0.39 is 0 Å². The second-order valence-corrected chi connectivity index (χ2v) is 5.93. The Morgan fingerprint density at radius 1 is 0.952 bits per heavy atom. The van der Waals surface area contributed by atoms with Gasteiger partial charge in [0.15, 0.2) is 0 Å². The molecule has 0 heterocycles. The second-order valence-electron chi connectivity index (χ2n) is 5.93. The molecule has 2 aromatic rings. The zero-order valence-electron chi connectivity index (χ0n) is 13.6. The Balaban J connectivity index is 2.16. The maximum atomic E-state index is 5.87. The molecule has 2 nitrogen and oxygen atoms in total. The molecule has 0 aliphatic rings. The fourth-order valence-corrected chi connectivity index (χ4v) is 2.91. The van der Waals surface area contributed by atoms with E-state index in [1.54, 1.807) is 0 Å². The third-order valence-electron chi connectivity index (χ3n) is 4.03. The quantitative estimate of drug-likeness (QED) is 0.832. The molecule has 112 valence electrons. The van der Waals surface area contributed by atoms with Gasteiger partial charge in [-0.05, 0) is 61.7 Å². The highest BCUT2D eigenvalue weighted by atomic mass is 15.1. The molecule has 2 heteroatoms. The Hall–Kier alpha value is -1.80. The molecule has 0 unspecified atom stereocenters. The summed E-state index contributed by atoms with van der Waals surface area (Å²) in [4.78, 5) is 2.46. The molecule has 2 aromatic carbocycles. The summed E-state index contributed by atoms with van der Waals surface area (Å²) in [5.74, 6) is 0. The highest BCUT2D eigenvalue weighted by molar-refractivity contribution is 5.41. The summed E-state index contributed by atoms with van der Waals surface area (Å²) in [7, 11) is 0. The van der Waals surface area contributed by atoms with Gasteiger partial charge in [-0.15, -0.1) is 0 Å². The van der Waals surface area contributed by atoms with E-state index >= 15 is 0 Å². The minimum absolute atomic E-state index is 0.839. The van der Waals surface area contributed by atoms with Crippen LogP contribution in [0.5, 0.6) is 0 Å². The molecular weight excluding hydrogens is 256 g/mol. The van der Waals surface area contributed by atoms with Crippen molar-refractivity contribution in [3.8, 4) is 0 Å². The molecule has 0 bridgehead atoms. The molecular formula is C19H26N2. The molecule has 0 saturated carbocycles. The lowest BCUT2D eigenvalue weighted by molar-refractivity contribution is 0.270. The number of anilines is 1. The molecule has 2 N–H and O–H groups in total. The van der Waals surface area contributed by atoms with Gasteiger partial charge in [0.1, 0.15) is 0 Å². The molecule has 0 spiro atoms. The molecule has 0 amide bonds. The third-order valence-corrected chi connectivity index (χ3v) is 4.03. The Bertz CT molecular complexity index is 594. The first-order chi connectivity index (χ1) is 9.99. The third kappa shape index (κ3) is 4.08. The van der Waals surface area contributed by atoms with Gasteiger partial charge in [-0.25, -0.2) is 0 Å². The van der Waals surface area contributed by atoms with Crippen LogP contribution in [0.15, 0.2) is 36.4 Å². The van der Waals surface area contributed by atoms with Gasteiger partial charge in [0, 0.05) is 18.8 Å². The second kappa shape index (κ2) is 6.77. The van der Waals surface area contributed by atoms with Crippen LogP contribution in [-0.4, -0.2) is 11.4 Å². The lowest BCUT2D eigenvalue weighted by Gasteiger charge is -2.23. The monoisotopic (exact) mass is 282 g/mol. The van der Waals surface area contributed by atoms with Crippen LogP contribution >= 0.6 is 0 Å². The first-order valence-electron chi connectivity index (χ1n) is 7.63. The van der Waals surface area contributed by atoms with E-state index in [0.717, 1.165) is 25.3 Å².